The Morgan fingerprint density at radius 1 is 0.827 bits per heavy atom. The molecule has 81 heavy (non-hydrogen) atoms. The summed E-state index contributed by atoms with van der Waals surface area (Å²) in [4.78, 5) is 138. The number of carbonyl (C=O) groups is 9. The number of carbonyl (C=O) groups excluding carboxylic acids is 9. The van der Waals surface area contributed by atoms with Gasteiger partial charge in [-0.15, -0.1) is 32.9 Å². The SMILES string of the molecule is Cc1ncsc1-c1ccc([C@H]2NC(=O)[C@@H]3C[C@@H](O)CN3C(=O)C(C(C)(C)C)NC(=O)CNC(=O)[C@H](CCC(N)=O)NC(=O)[C@@H](CNC(=O)C[C@@H]3N=C(c4ccc(Cl)cc4)c4c(sc(C)c4C)-n4c(C)nnc43)NC(=O)CNC2=O)cc1. The van der Waals surface area contributed by atoms with Crippen molar-refractivity contribution in [1.29, 1.82) is 0 Å². The number of thiophene rings is 1. The van der Waals surface area contributed by atoms with E-state index >= 15 is 0 Å². The van der Waals surface area contributed by atoms with Gasteiger partial charge in [-0.1, -0.05) is 68.8 Å². The van der Waals surface area contributed by atoms with Crippen molar-refractivity contribution < 1.29 is 48.3 Å². The molecule has 2 aromatic carbocycles. The first kappa shape index (κ1) is 59.2. The number of nitrogens with one attached hydrogen (secondary N) is 7. The Kier molecular flexibility index (Phi) is 18.1. The lowest BCUT2D eigenvalue weighted by Gasteiger charge is -2.35. The van der Waals surface area contributed by atoms with Crippen molar-refractivity contribution >= 4 is 93.2 Å². The Balaban J connectivity index is 1.10. The third kappa shape index (κ3) is 13.6. The molecule has 8 rings (SSSR count). The summed E-state index contributed by atoms with van der Waals surface area (Å²) in [5.41, 5.74) is 11.1. The number of hydrogen-bond donors (Lipinski definition) is 9. The molecule has 10 N–H and O–H groups in total. The smallest absolute Gasteiger partial charge is 0.247 e. The molecule has 0 spiro atoms. The van der Waals surface area contributed by atoms with Crippen LogP contribution in [-0.4, -0.2) is 145 Å². The van der Waals surface area contributed by atoms with E-state index in [4.69, 9.17) is 22.3 Å². The number of aromatic nitrogens is 4. The minimum Gasteiger partial charge on any atom is -0.391 e. The second kappa shape index (κ2) is 24.8. The quantitative estimate of drug-likeness (QED) is 0.0961. The molecule has 27 heteroatoms. The fourth-order valence-electron chi connectivity index (χ4n) is 9.72. The Hall–Kier alpha value is -7.94. The van der Waals surface area contributed by atoms with Crippen LogP contribution in [0, 0.1) is 33.1 Å². The zero-order chi connectivity index (χ0) is 58.6. The van der Waals surface area contributed by atoms with Gasteiger partial charge in [0, 0.05) is 47.0 Å². The Morgan fingerprint density at radius 3 is 2.15 bits per heavy atom. The third-order valence-electron chi connectivity index (χ3n) is 14.1. The highest BCUT2D eigenvalue weighted by Crippen LogP contribution is 2.40. The maximum Gasteiger partial charge on any atom is 0.247 e. The van der Waals surface area contributed by atoms with Crippen LogP contribution in [0.25, 0.3) is 15.4 Å². The topological polar surface area (TPSA) is 343 Å². The van der Waals surface area contributed by atoms with Crippen LogP contribution < -0.4 is 43.0 Å². The summed E-state index contributed by atoms with van der Waals surface area (Å²) in [5.74, 6) is -6.79. The molecule has 0 saturated carbocycles. The third-order valence-corrected chi connectivity index (χ3v) is 16.6. The molecule has 24 nitrogen and oxygen atoms in total. The van der Waals surface area contributed by atoms with Gasteiger partial charge in [-0.25, -0.2) is 4.98 Å². The predicted octanol–water partition coefficient (Wildman–Crippen LogP) is 1.57. The summed E-state index contributed by atoms with van der Waals surface area (Å²) in [6, 6.07) is 5.50. The number of aryl methyl sites for hydroxylation is 3. The van der Waals surface area contributed by atoms with Crippen molar-refractivity contribution in [2.24, 2.45) is 16.1 Å². The van der Waals surface area contributed by atoms with Gasteiger partial charge in [0.15, 0.2) is 5.82 Å². The first-order valence-electron chi connectivity index (χ1n) is 26.0. The number of nitrogens with zero attached hydrogens (tertiary/aromatic N) is 6. The summed E-state index contributed by atoms with van der Waals surface area (Å²) in [7, 11) is 0. The minimum absolute atomic E-state index is 0.223. The standard InChI is InChI=1S/C54H63ClN14O10S2/c1-25-27(3)81-53-42(25)43(29-12-14-32(55)15-13-29)62-35(47-67-66-28(4)69(47)53)19-39(72)57-20-36-49(76)63-34(16-17-38(56)71)48(75)58-22-41(74)64-46(54(5,6)7)52(79)68-23-33(70)18-37(68)50(77)65-44(51(78)59-21-40(73)61-36)30-8-10-31(11-9-30)45-26(2)60-24-80-45/h8-15,24,33-37,44,46,70H,16-23H2,1-7H3,(H2,56,71)(H,57,72)(H,58,75)(H,59,78)(H,61,73)(H,63,76)(H,64,74)(H,65,77)/t33-,34+,35+,36-,37+,44-,46?/m1/s1. The fourth-order valence-corrected chi connectivity index (χ4v) is 11.9. The molecule has 3 aliphatic rings. The molecular weight excluding hydrogens is 1100 g/mol. The van der Waals surface area contributed by atoms with E-state index in [-0.39, 0.29) is 31.4 Å². The van der Waals surface area contributed by atoms with Crippen molar-refractivity contribution in [3.8, 4) is 15.4 Å². The van der Waals surface area contributed by atoms with Gasteiger partial charge in [-0.3, -0.25) is 52.7 Å². The molecule has 6 heterocycles. The highest BCUT2D eigenvalue weighted by molar-refractivity contribution is 7.15. The van der Waals surface area contributed by atoms with Crippen LogP contribution in [0.2, 0.25) is 5.02 Å². The van der Waals surface area contributed by atoms with E-state index in [0.717, 1.165) is 47.6 Å². The number of aliphatic hydroxyl groups excluding tert-OH is 1. The van der Waals surface area contributed by atoms with Crippen LogP contribution in [0.3, 0.4) is 0 Å². The first-order valence-corrected chi connectivity index (χ1v) is 28.1. The number of fused-ring (bicyclic) bond motifs is 4. The molecule has 428 valence electrons. The van der Waals surface area contributed by atoms with Gasteiger partial charge >= 0.3 is 0 Å². The van der Waals surface area contributed by atoms with E-state index in [9.17, 15) is 48.3 Å². The molecule has 3 aliphatic heterocycles. The molecule has 3 aromatic heterocycles. The van der Waals surface area contributed by atoms with Crippen molar-refractivity contribution in [3.05, 3.63) is 104 Å². The van der Waals surface area contributed by atoms with E-state index in [2.05, 4.69) is 52.4 Å². The van der Waals surface area contributed by atoms with Crippen molar-refractivity contribution in [2.75, 3.05) is 26.2 Å². The molecule has 0 radical (unpaired) electrons. The van der Waals surface area contributed by atoms with Gasteiger partial charge in [0.05, 0.1) is 47.4 Å². The van der Waals surface area contributed by atoms with E-state index in [1.807, 2.05) is 37.5 Å². The molecule has 7 atom stereocenters. The summed E-state index contributed by atoms with van der Waals surface area (Å²) < 4.78 is 1.86. The number of aliphatic hydroxyl groups is 1. The van der Waals surface area contributed by atoms with E-state index < -0.39 is 127 Å². The van der Waals surface area contributed by atoms with Gasteiger partial charge < -0.3 is 53.0 Å². The van der Waals surface area contributed by atoms with Gasteiger partial charge in [-0.05, 0) is 68.4 Å². The number of halogens is 1. The number of amides is 9. The number of primary amides is 1. The van der Waals surface area contributed by atoms with Crippen LogP contribution in [0.5, 0.6) is 0 Å². The predicted molar refractivity (Wildman–Crippen MR) is 300 cm³/mol. The summed E-state index contributed by atoms with van der Waals surface area (Å²) >= 11 is 9.22. The number of hydrogen-bond acceptors (Lipinski definition) is 16. The number of nitrogens with two attached hydrogens (primary N) is 1. The monoisotopic (exact) mass is 1170 g/mol. The average molecular weight is 1170 g/mol. The Bertz CT molecular complexity index is 3310. The summed E-state index contributed by atoms with van der Waals surface area (Å²) in [5, 5.41) is 39.1. The maximum absolute atomic E-state index is 14.4. The van der Waals surface area contributed by atoms with Crippen LogP contribution >= 0.6 is 34.3 Å². The van der Waals surface area contributed by atoms with Crippen molar-refractivity contribution in [1.82, 2.24) is 61.9 Å². The van der Waals surface area contributed by atoms with Gasteiger partial charge in [-0.2, -0.15) is 0 Å². The molecule has 0 aliphatic carbocycles. The zero-order valence-electron chi connectivity index (χ0n) is 45.5. The van der Waals surface area contributed by atoms with E-state index in [1.165, 1.54) is 22.7 Å². The highest BCUT2D eigenvalue weighted by Gasteiger charge is 2.46. The van der Waals surface area contributed by atoms with Gasteiger partial charge in [0.1, 0.15) is 47.1 Å². The number of rotatable bonds is 10. The van der Waals surface area contributed by atoms with Gasteiger partial charge in [0.25, 0.3) is 0 Å². The van der Waals surface area contributed by atoms with Crippen LogP contribution in [0.4, 0.5) is 0 Å². The van der Waals surface area contributed by atoms with Crippen molar-refractivity contribution in [2.45, 2.75) is 117 Å². The molecule has 5 aromatic rings. The van der Waals surface area contributed by atoms with E-state index in [0.29, 0.717) is 22.4 Å². The van der Waals surface area contributed by atoms with Gasteiger partial charge in [0.2, 0.25) is 53.2 Å². The summed E-state index contributed by atoms with van der Waals surface area (Å²) in [6.45, 7) is 10.2. The minimum atomic E-state index is -1.66. The maximum atomic E-state index is 14.4. The molecular formula is C54H63ClN14O10S2. The van der Waals surface area contributed by atoms with Crippen molar-refractivity contribution in [3.63, 3.8) is 0 Å². The second-order valence-electron chi connectivity index (χ2n) is 21.1. The molecule has 2 fully saturated rings. The van der Waals surface area contributed by atoms with Crippen LogP contribution in [0.1, 0.15) is 103 Å². The number of aliphatic imine (C=N–C) groups is 1. The molecule has 1 unspecified atom stereocenters. The highest BCUT2D eigenvalue weighted by atomic mass is 35.5. The fraction of sp³-hybridized carbons (Fsp3) is 0.426. The summed E-state index contributed by atoms with van der Waals surface area (Å²) in [6.07, 6.45) is -2.50. The first-order chi connectivity index (χ1) is 38.4. The van der Waals surface area contributed by atoms with E-state index in [1.54, 1.807) is 69.6 Å². The number of thiazole rings is 1. The normalized spacial score (nSPS) is 22.5. The average Bonchev–Trinajstić information content (AvgIpc) is 4.29. The largest absolute Gasteiger partial charge is 0.391 e. The lowest BCUT2D eigenvalue weighted by atomic mass is 9.85. The Labute approximate surface area is 478 Å². The molecule has 0 bridgehead atoms. The zero-order valence-corrected chi connectivity index (χ0v) is 47.9. The number of benzene rings is 2. The Morgan fingerprint density at radius 2 is 1.49 bits per heavy atom. The second-order valence-corrected chi connectivity index (χ2v) is 23.6. The molecule has 2 saturated heterocycles. The lowest BCUT2D eigenvalue weighted by molar-refractivity contribution is -0.144. The van der Waals surface area contributed by atoms with Crippen LogP contribution in [-0.2, 0) is 43.2 Å². The van der Waals surface area contributed by atoms with Crippen LogP contribution in [0.15, 0.2) is 59.0 Å². The molecule has 9 amide bonds. The lowest BCUT2D eigenvalue weighted by Crippen LogP contribution is -2.59.